The molecule has 1 amide bonds. The van der Waals surface area contributed by atoms with E-state index in [0.29, 0.717) is 18.1 Å². The standard InChI is InChI=1S/C21H21N5OS/c27-20-2-1-12-26(20)19-9-5-17(6-10-19)24-21(28)23-14-16-3-7-18(8-4-16)25-13-11-22-15-25/h3-11,13,15H,1-2,12,14H2,(H2,23,24,28). The van der Waals surface area contributed by atoms with E-state index >= 15 is 0 Å². The molecule has 1 aliphatic heterocycles. The zero-order valence-corrected chi connectivity index (χ0v) is 16.2. The summed E-state index contributed by atoms with van der Waals surface area (Å²) >= 11 is 5.39. The Morgan fingerprint density at radius 3 is 2.46 bits per heavy atom. The fourth-order valence-corrected chi connectivity index (χ4v) is 3.39. The maximum atomic E-state index is 11.8. The minimum Gasteiger partial charge on any atom is -0.358 e. The minimum atomic E-state index is 0.192. The normalized spacial score (nSPS) is 13.6. The molecule has 3 aromatic rings. The van der Waals surface area contributed by atoms with E-state index in [0.717, 1.165) is 35.6 Å². The fourth-order valence-electron chi connectivity index (χ4n) is 3.20. The van der Waals surface area contributed by atoms with E-state index in [-0.39, 0.29) is 5.91 Å². The Balaban J connectivity index is 1.29. The van der Waals surface area contributed by atoms with Gasteiger partial charge in [-0.15, -0.1) is 0 Å². The summed E-state index contributed by atoms with van der Waals surface area (Å²) in [6.45, 7) is 1.43. The summed E-state index contributed by atoms with van der Waals surface area (Å²) < 4.78 is 1.96. The van der Waals surface area contributed by atoms with Crippen LogP contribution < -0.4 is 15.5 Å². The average molecular weight is 392 g/mol. The Kier molecular flexibility index (Phi) is 5.34. The van der Waals surface area contributed by atoms with E-state index < -0.39 is 0 Å². The van der Waals surface area contributed by atoms with Crippen LogP contribution in [-0.2, 0) is 11.3 Å². The van der Waals surface area contributed by atoms with Crippen molar-refractivity contribution in [3.63, 3.8) is 0 Å². The van der Waals surface area contributed by atoms with Crippen molar-refractivity contribution < 1.29 is 4.79 Å². The van der Waals surface area contributed by atoms with E-state index in [2.05, 4.69) is 27.8 Å². The summed E-state index contributed by atoms with van der Waals surface area (Å²) in [5, 5.41) is 6.95. The smallest absolute Gasteiger partial charge is 0.227 e. The minimum absolute atomic E-state index is 0.192. The average Bonchev–Trinajstić information content (AvgIpc) is 3.39. The lowest BCUT2D eigenvalue weighted by Gasteiger charge is -2.16. The number of carbonyl (C=O) groups excluding carboxylic acids is 1. The van der Waals surface area contributed by atoms with Gasteiger partial charge in [-0.3, -0.25) is 4.79 Å². The van der Waals surface area contributed by atoms with Crippen LogP contribution in [0.15, 0.2) is 67.3 Å². The quantitative estimate of drug-likeness (QED) is 0.652. The number of aromatic nitrogens is 2. The van der Waals surface area contributed by atoms with Crippen LogP contribution >= 0.6 is 12.2 Å². The molecule has 0 atom stereocenters. The van der Waals surface area contributed by atoms with Crippen LogP contribution in [0, 0.1) is 0 Å². The number of hydrogen-bond acceptors (Lipinski definition) is 3. The Morgan fingerprint density at radius 2 is 1.82 bits per heavy atom. The largest absolute Gasteiger partial charge is 0.358 e. The van der Waals surface area contributed by atoms with Crippen LogP contribution in [0.4, 0.5) is 11.4 Å². The molecule has 0 radical (unpaired) electrons. The van der Waals surface area contributed by atoms with Crippen LogP contribution in [0.3, 0.4) is 0 Å². The predicted molar refractivity (Wildman–Crippen MR) is 115 cm³/mol. The van der Waals surface area contributed by atoms with Crippen LogP contribution in [0.2, 0.25) is 0 Å². The van der Waals surface area contributed by atoms with Gasteiger partial charge >= 0.3 is 0 Å². The van der Waals surface area contributed by atoms with Crippen molar-refractivity contribution >= 4 is 34.6 Å². The number of rotatable bonds is 5. The van der Waals surface area contributed by atoms with Crippen molar-refractivity contribution in [1.82, 2.24) is 14.9 Å². The highest BCUT2D eigenvalue weighted by Crippen LogP contribution is 2.23. The second kappa shape index (κ2) is 8.22. The maximum absolute atomic E-state index is 11.8. The van der Waals surface area contributed by atoms with Crippen molar-refractivity contribution in [3.05, 3.63) is 72.8 Å². The molecule has 7 heteroatoms. The monoisotopic (exact) mass is 391 g/mol. The SMILES string of the molecule is O=C1CCCN1c1ccc(NC(=S)NCc2ccc(-n3ccnc3)cc2)cc1. The zero-order chi connectivity index (χ0) is 19.3. The van der Waals surface area contributed by atoms with Crippen LogP contribution in [0.1, 0.15) is 18.4 Å². The molecule has 0 aliphatic carbocycles. The molecule has 1 saturated heterocycles. The van der Waals surface area contributed by atoms with Crippen LogP contribution in [0.5, 0.6) is 0 Å². The van der Waals surface area contributed by atoms with Crippen molar-refractivity contribution in [2.75, 3.05) is 16.8 Å². The molecular formula is C21H21N5OS. The third-order valence-electron chi connectivity index (χ3n) is 4.70. The Hall–Kier alpha value is -3.19. The molecule has 0 spiro atoms. The molecular weight excluding hydrogens is 370 g/mol. The van der Waals surface area contributed by atoms with Crippen molar-refractivity contribution in [1.29, 1.82) is 0 Å². The first kappa shape index (κ1) is 18.2. The Bertz CT molecular complexity index is 951. The van der Waals surface area contributed by atoms with Gasteiger partial charge in [0, 0.05) is 49.0 Å². The van der Waals surface area contributed by atoms with Gasteiger partial charge in [0.2, 0.25) is 5.91 Å². The zero-order valence-electron chi connectivity index (χ0n) is 15.3. The molecule has 142 valence electrons. The highest BCUT2D eigenvalue weighted by atomic mass is 32.1. The fraction of sp³-hybridized carbons (Fsp3) is 0.190. The first-order valence-corrected chi connectivity index (χ1v) is 9.62. The van der Waals surface area contributed by atoms with Gasteiger partial charge in [0.1, 0.15) is 0 Å². The summed E-state index contributed by atoms with van der Waals surface area (Å²) in [5.41, 5.74) is 4.03. The lowest BCUT2D eigenvalue weighted by Crippen LogP contribution is -2.28. The number of carbonyl (C=O) groups is 1. The maximum Gasteiger partial charge on any atom is 0.227 e. The summed E-state index contributed by atoms with van der Waals surface area (Å²) in [6.07, 6.45) is 7.01. The van der Waals surface area contributed by atoms with Gasteiger partial charge < -0.3 is 20.1 Å². The number of thiocarbonyl (C=S) groups is 1. The summed E-state index contributed by atoms with van der Waals surface area (Å²) in [5.74, 6) is 0.192. The van der Waals surface area contributed by atoms with Crippen LogP contribution in [-0.4, -0.2) is 27.1 Å². The molecule has 2 heterocycles. The molecule has 0 bridgehead atoms. The lowest BCUT2D eigenvalue weighted by atomic mass is 10.2. The number of benzene rings is 2. The summed E-state index contributed by atoms with van der Waals surface area (Å²) in [4.78, 5) is 17.7. The van der Waals surface area contributed by atoms with E-state index in [4.69, 9.17) is 12.2 Å². The number of hydrogen-bond donors (Lipinski definition) is 2. The molecule has 2 N–H and O–H groups in total. The van der Waals surface area contributed by atoms with Gasteiger partial charge in [-0.25, -0.2) is 4.98 Å². The number of nitrogens with zero attached hydrogens (tertiary/aromatic N) is 3. The van der Waals surface area contributed by atoms with Crippen LogP contribution in [0.25, 0.3) is 5.69 Å². The third-order valence-corrected chi connectivity index (χ3v) is 4.95. The predicted octanol–water partition coefficient (Wildman–Crippen LogP) is 3.49. The second-order valence-corrected chi connectivity index (χ2v) is 7.05. The topological polar surface area (TPSA) is 62.2 Å². The van der Waals surface area contributed by atoms with E-state index in [1.807, 2.05) is 52.1 Å². The molecule has 2 aromatic carbocycles. The number of anilines is 2. The van der Waals surface area contributed by atoms with Crippen molar-refractivity contribution in [2.24, 2.45) is 0 Å². The molecule has 28 heavy (non-hydrogen) atoms. The molecule has 6 nitrogen and oxygen atoms in total. The third kappa shape index (κ3) is 4.20. The van der Waals surface area contributed by atoms with Gasteiger partial charge in [0.05, 0.1) is 6.33 Å². The molecule has 1 aromatic heterocycles. The van der Waals surface area contributed by atoms with Crippen molar-refractivity contribution in [2.45, 2.75) is 19.4 Å². The van der Waals surface area contributed by atoms with E-state index in [1.54, 1.807) is 12.5 Å². The molecule has 1 fully saturated rings. The molecule has 1 aliphatic rings. The highest BCUT2D eigenvalue weighted by Gasteiger charge is 2.21. The van der Waals surface area contributed by atoms with E-state index in [9.17, 15) is 4.79 Å². The lowest BCUT2D eigenvalue weighted by molar-refractivity contribution is -0.117. The number of imidazole rings is 1. The molecule has 4 rings (SSSR count). The van der Waals surface area contributed by atoms with Crippen molar-refractivity contribution in [3.8, 4) is 5.69 Å². The summed E-state index contributed by atoms with van der Waals surface area (Å²) in [7, 11) is 0. The summed E-state index contributed by atoms with van der Waals surface area (Å²) in [6, 6.07) is 16.0. The first-order chi connectivity index (χ1) is 13.7. The first-order valence-electron chi connectivity index (χ1n) is 9.21. The molecule has 0 saturated carbocycles. The van der Waals surface area contributed by atoms with Gasteiger partial charge in [-0.05, 0) is 60.6 Å². The van der Waals surface area contributed by atoms with Gasteiger partial charge in [0.15, 0.2) is 5.11 Å². The highest BCUT2D eigenvalue weighted by molar-refractivity contribution is 7.80. The van der Waals surface area contributed by atoms with Gasteiger partial charge in [0.25, 0.3) is 0 Å². The Labute approximate surface area is 169 Å². The van der Waals surface area contributed by atoms with Gasteiger partial charge in [-0.2, -0.15) is 0 Å². The van der Waals surface area contributed by atoms with Gasteiger partial charge in [-0.1, -0.05) is 12.1 Å². The molecule has 0 unspecified atom stereocenters. The Morgan fingerprint density at radius 1 is 1.07 bits per heavy atom. The second-order valence-electron chi connectivity index (χ2n) is 6.64. The van der Waals surface area contributed by atoms with E-state index in [1.165, 1.54) is 0 Å². The number of amides is 1. The number of nitrogens with one attached hydrogen (secondary N) is 2.